The number of carbonyl (C=O) groups excluding carboxylic acids is 1. The van der Waals surface area contributed by atoms with E-state index in [0.717, 1.165) is 6.07 Å². The lowest BCUT2D eigenvalue weighted by Crippen LogP contribution is -2.54. The fraction of sp³-hybridized carbons (Fsp3) is 0.611. The number of ether oxygens (including phenoxy) is 1. The van der Waals surface area contributed by atoms with Crippen molar-refractivity contribution in [1.82, 2.24) is 4.90 Å². The molecular weight excluding hydrogens is 328 g/mol. The molecule has 1 aliphatic rings. The zero-order valence-electron chi connectivity index (χ0n) is 15.4. The molecule has 2 atom stereocenters. The summed E-state index contributed by atoms with van der Waals surface area (Å²) >= 11 is 0. The highest BCUT2D eigenvalue weighted by Gasteiger charge is 2.36. The Morgan fingerprint density at radius 3 is 2.32 bits per heavy atom. The topological polar surface area (TPSA) is 67.6 Å². The second-order valence-corrected chi connectivity index (χ2v) is 7.72. The number of carbonyl (C=O) groups is 1. The van der Waals surface area contributed by atoms with E-state index in [-0.39, 0.29) is 35.6 Å². The minimum absolute atomic E-state index is 0.0184. The summed E-state index contributed by atoms with van der Waals surface area (Å²) in [6.45, 7) is 9.30. The number of likely N-dealkylation sites (tertiary alicyclic amines) is 1. The predicted octanol–water partition coefficient (Wildman–Crippen LogP) is 4.14. The lowest BCUT2D eigenvalue weighted by atomic mass is 9.93. The number of anilines is 2. The van der Waals surface area contributed by atoms with Gasteiger partial charge in [-0.25, -0.2) is 13.6 Å². The number of benzene rings is 1. The van der Waals surface area contributed by atoms with Crippen molar-refractivity contribution in [2.75, 3.05) is 11.1 Å². The third kappa shape index (κ3) is 4.52. The molecule has 1 aromatic carbocycles. The van der Waals surface area contributed by atoms with Crippen LogP contribution in [0.25, 0.3) is 0 Å². The van der Waals surface area contributed by atoms with Crippen molar-refractivity contribution in [3.05, 3.63) is 23.8 Å². The number of hydrogen-bond donors (Lipinski definition) is 2. The van der Waals surface area contributed by atoms with Crippen molar-refractivity contribution >= 4 is 17.5 Å². The predicted molar refractivity (Wildman–Crippen MR) is 94.4 cm³/mol. The van der Waals surface area contributed by atoms with Gasteiger partial charge in [-0.05, 0) is 59.6 Å². The molecule has 1 saturated heterocycles. The Morgan fingerprint density at radius 1 is 1.24 bits per heavy atom. The maximum absolute atomic E-state index is 14.0. The van der Waals surface area contributed by atoms with Crippen LogP contribution in [0.3, 0.4) is 0 Å². The van der Waals surface area contributed by atoms with Gasteiger partial charge in [0.2, 0.25) is 0 Å². The van der Waals surface area contributed by atoms with Gasteiger partial charge in [-0.2, -0.15) is 0 Å². The lowest BCUT2D eigenvalue weighted by Gasteiger charge is -2.43. The first-order valence-corrected chi connectivity index (χ1v) is 8.51. The van der Waals surface area contributed by atoms with Gasteiger partial charge >= 0.3 is 6.09 Å². The number of nitrogens with one attached hydrogen (secondary N) is 1. The van der Waals surface area contributed by atoms with Gasteiger partial charge in [0.05, 0.1) is 11.4 Å². The summed E-state index contributed by atoms with van der Waals surface area (Å²) in [5.74, 6) is -1.92. The molecule has 5 nitrogen and oxygen atoms in total. The van der Waals surface area contributed by atoms with Crippen LogP contribution in [0.1, 0.15) is 47.5 Å². The molecule has 0 saturated carbocycles. The number of nitrogen functional groups attached to an aromatic ring is 1. The molecular formula is C18H27F2N3O2. The monoisotopic (exact) mass is 355 g/mol. The summed E-state index contributed by atoms with van der Waals surface area (Å²) in [5.41, 5.74) is 5.35. The number of nitrogens with two attached hydrogens (primary N) is 1. The summed E-state index contributed by atoms with van der Waals surface area (Å²) in [4.78, 5) is 14.1. The highest BCUT2D eigenvalue weighted by atomic mass is 19.2. The summed E-state index contributed by atoms with van der Waals surface area (Å²) in [7, 11) is 0. The fourth-order valence-corrected chi connectivity index (χ4v) is 3.29. The Balaban J connectivity index is 2.10. The van der Waals surface area contributed by atoms with Crippen molar-refractivity contribution in [1.29, 1.82) is 0 Å². The summed E-state index contributed by atoms with van der Waals surface area (Å²) in [6, 6.07) is 2.01. The van der Waals surface area contributed by atoms with E-state index in [9.17, 15) is 13.6 Å². The molecule has 1 heterocycles. The number of halogens is 2. The Hall–Kier alpha value is -2.05. The molecule has 3 N–H and O–H groups in total. The average Bonchev–Trinajstić information content (AvgIpc) is 2.45. The normalized spacial score (nSPS) is 24.1. The van der Waals surface area contributed by atoms with Gasteiger partial charge < -0.3 is 20.7 Å². The summed E-state index contributed by atoms with van der Waals surface area (Å²) in [5, 5.41) is 3.01. The smallest absolute Gasteiger partial charge is 0.410 e. The summed E-state index contributed by atoms with van der Waals surface area (Å²) in [6.07, 6.45) is 0.806. The minimum Gasteiger partial charge on any atom is -0.444 e. The van der Waals surface area contributed by atoms with Crippen LogP contribution >= 0.6 is 0 Å². The summed E-state index contributed by atoms with van der Waals surface area (Å²) < 4.78 is 32.9. The largest absolute Gasteiger partial charge is 0.444 e. The van der Waals surface area contributed by atoms with Gasteiger partial charge in [-0.1, -0.05) is 0 Å². The van der Waals surface area contributed by atoms with Gasteiger partial charge in [0.25, 0.3) is 0 Å². The van der Waals surface area contributed by atoms with Crippen molar-refractivity contribution in [3.8, 4) is 0 Å². The molecule has 0 aromatic heterocycles. The number of amides is 1. The molecule has 1 fully saturated rings. The second kappa shape index (κ2) is 7.06. The van der Waals surface area contributed by atoms with E-state index < -0.39 is 17.2 Å². The van der Waals surface area contributed by atoms with Crippen molar-refractivity contribution in [3.63, 3.8) is 0 Å². The van der Waals surface area contributed by atoms with E-state index in [0.29, 0.717) is 12.8 Å². The third-order valence-electron chi connectivity index (χ3n) is 4.28. The van der Waals surface area contributed by atoms with E-state index in [1.165, 1.54) is 6.07 Å². The van der Waals surface area contributed by atoms with Crippen molar-refractivity contribution in [2.45, 2.75) is 71.2 Å². The lowest BCUT2D eigenvalue weighted by molar-refractivity contribution is -0.00131. The molecule has 25 heavy (non-hydrogen) atoms. The SMILES string of the molecule is CC1CC(Nc2c(N)ccc(F)c2F)CC(C)N1C(=O)OC(C)(C)C. The molecule has 140 valence electrons. The van der Waals surface area contributed by atoms with E-state index in [1.807, 2.05) is 34.6 Å². The Labute approximate surface area is 147 Å². The zero-order chi connectivity index (χ0) is 18.9. The number of rotatable bonds is 2. The first-order chi connectivity index (χ1) is 11.5. The molecule has 2 rings (SSSR count). The highest BCUT2D eigenvalue weighted by Crippen LogP contribution is 2.31. The van der Waals surface area contributed by atoms with Crippen LogP contribution in [0, 0.1) is 11.6 Å². The van der Waals surface area contributed by atoms with Gasteiger partial charge in [0, 0.05) is 18.1 Å². The molecule has 0 bridgehead atoms. The third-order valence-corrected chi connectivity index (χ3v) is 4.28. The van der Waals surface area contributed by atoms with Crippen LogP contribution in [0.4, 0.5) is 25.0 Å². The van der Waals surface area contributed by atoms with Crippen molar-refractivity contribution < 1.29 is 18.3 Å². The minimum atomic E-state index is -0.977. The van der Waals surface area contributed by atoms with E-state index in [4.69, 9.17) is 10.5 Å². The molecule has 0 radical (unpaired) electrons. The molecule has 1 aromatic rings. The number of hydrogen-bond acceptors (Lipinski definition) is 4. The first-order valence-electron chi connectivity index (χ1n) is 8.51. The Kier molecular flexibility index (Phi) is 5.44. The second-order valence-electron chi connectivity index (χ2n) is 7.72. The van der Waals surface area contributed by atoms with E-state index in [1.54, 1.807) is 4.90 Å². The van der Waals surface area contributed by atoms with Crippen LogP contribution in [0.5, 0.6) is 0 Å². The Bertz CT molecular complexity index is 634. The maximum atomic E-state index is 14.0. The Morgan fingerprint density at radius 2 is 1.80 bits per heavy atom. The zero-order valence-corrected chi connectivity index (χ0v) is 15.4. The molecule has 0 spiro atoms. The van der Waals surface area contributed by atoms with Gasteiger partial charge in [-0.3, -0.25) is 0 Å². The molecule has 7 heteroatoms. The standard InChI is InChI=1S/C18H27F2N3O2/c1-10-8-12(22-16-14(21)7-6-13(19)15(16)20)9-11(2)23(10)17(24)25-18(3,4)5/h6-7,10-12,22H,8-9,21H2,1-5H3. The van der Waals surface area contributed by atoms with E-state index >= 15 is 0 Å². The fourth-order valence-electron chi connectivity index (χ4n) is 3.29. The van der Waals surface area contributed by atoms with E-state index in [2.05, 4.69) is 5.32 Å². The van der Waals surface area contributed by atoms with Crippen LogP contribution in [0.15, 0.2) is 12.1 Å². The van der Waals surface area contributed by atoms with Crippen LogP contribution < -0.4 is 11.1 Å². The van der Waals surface area contributed by atoms with Gasteiger partial charge in [0.15, 0.2) is 11.6 Å². The van der Waals surface area contributed by atoms with Gasteiger partial charge in [-0.15, -0.1) is 0 Å². The van der Waals surface area contributed by atoms with Crippen LogP contribution in [-0.4, -0.2) is 34.7 Å². The molecule has 0 aliphatic carbocycles. The number of piperidine rings is 1. The molecule has 2 unspecified atom stereocenters. The van der Waals surface area contributed by atoms with Gasteiger partial charge in [0.1, 0.15) is 5.60 Å². The van der Waals surface area contributed by atoms with Crippen molar-refractivity contribution in [2.24, 2.45) is 0 Å². The first kappa shape index (κ1) is 19.3. The molecule has 1 amide bonds. The van der Waals surface area contributed by atoms with Crippen LogP contribution in [0.2, 0.25) is 0 Å². The molecule has 1 aliphatic heterocycles. The van der Waals surface area contributed by atoms with Crippen LogP contribution in [-0.2, 0) is 4.74 Å². The maximum Gasteiger partial charge on any atom is 0.410 e. The highest BCUT2D eigenvalue weighted by molar-refractivity contribution is 5.70. The quantitative estimate of drug-likeness (QED) is 0.783. The average molecular weight is 355 g/mol. The number of nitrogens with zero attached hydrogens (tertiary/aromatic N) is 1.